The highest BCUT2D eigenvalue weighted by molar-refractivity contribution is 7.18. The zero-order valence-electron chi connectivity index (χ0n) is 19.0. The molecule has 1 N–H and O–H groups in total. The molecule has 1 aliphatic carbocycles. The van der Waals surface area contributed by atoms with Gasteiger partial charge >= 0.3 is 0 Å². The number of rotatable bonds is 5. The van der Waals surface area contributed by atoms with Gasteiger partial charge in [0.1, 0.15) is 18.0 Å². The minimum Gasteiger partial charge on any atom is -0.497 e. The number of thiophene rings is 1. The van der Waals surface area contributed by atoms with Gasteiger partial charge in [0, 0.05) is 10.9 Å². The molecule has 0 spiro atoms. The first kappa shape index (κ1) is 22.3. The van der Waals surface area contributed by atoms with Crippen molar-refractivity contribution >= 4 is 33.1 Å². The van der Waals surface area contributed by atoms with Gasteiger partial charge in [0.15, 0.2) is 4.83 Å². The lowest BCUT2D eigenvalue weighted by Crippen LogP contribution is -2.31. The topological polar surface area (TPSA) is 95.3 Å². The third kappa shape index (κ3) is 4.21. The fraction of sp³-hybridized carbons (Fsp3) is 0.478. The number of methoxy groups -OCH3 is 2. The number of aromatic nitrogens is 3. The minimum atomic E-state index is -0.399. The van der Waals surface area contributed by atoms with E-state index in [1.807, 2.05) is 0 Å². The molecule has 1 aromatic carbocycles. The zero-order chi connectivity index (χ0) is 23.0. The molecule has 3 aromatic rings. The van der Waals surface area contributed by atoms with Crippen molar-refractivity contribution in [3.8, 4) is 11.5 Å². The lowest BCUT2D eigenvalue weighted by Gasteiger charge is -2.33. The van der Waals surface area contributed by atoms with Crippen molar-refractivity contribution in [2.24, 2.45) is 11.3 Å². The summed E-state index contributed by atoms with van der Waals surface area (Å²) in [6.45, 7) is 6.55. The summed E-state index contributed by atoms with van der Waals surface area (Å²) in [5.41, 5.74) is 1.49. The van der Waals surface area contributed by atoms with Crippen LogP contribution in [-0.4, -0.2) is 35.1 Å². The van der Waals surface area contributed by atoms with E-state index in [0.29, 0.717) is 33.3 Å². The molecule has 8 nitrogen and oxygen atoms in total. The summed E-state index contributed by atoms with van der Waals surface area (Å²) in [5, 5.41) is 11.7. The summed E-state index contributed by atoms with van der Waals surface area (Å²) in [7, 11) is 3.06. The molecule has 0 unspecified atom stereocenters. The van der Waals surface area contributed by atoms with Crippen molar-refractivity contribution in [3.63, 3.8) is 0 Å². The van der Waals surface area contributed by atoms with Crippen molar-refractivity contribution in [1.29, 1.82) is 0 Å². The average Bonchev–Trinajstić information content (AvgIpc) is 3.13. The minimum absolute atomic E-state index is 0.221. The van der Waals surface area contributed by atoms with Gasteiger partial charge in [-0.15, -0.1) is 16.4 Å². The predicted octanol–water partition coefficient (Wildman–Crippen LogP) is 3.66. The van der Waals surface area contributed by atoms with E-state index >= 15 is 0 Å². The largest absolute Gasteiger partial charge is 0.497 e. The monoisotopic (exact) mass is 456 g/mol. The molecule has 0 fully saturated rings. The maximum Gasteiger partial charge on any atom is 0.279 e. The van der Waals surface area contributed by atoms with E-state index in [1.54, 1.807) is 36.6 Å². The van der Waals surface area contributed by atoms with Crippen LogP contribution < -0.4 is 20.3 Å². The van der Waals surface area contributed by atoms with Crippen LogP contribution in [0.3, 0.4) is 0 Å². The zero-order valence-corrected chi connectivity index (χ0v) is 19.8. The molecular formula is C23H28N4O4S. The van der Waals surface area contributed by atoms with E-state index in [9.17, 15) is 9.59 Å². The van der Waals surface area contributed by atoms with Crippen LogP contribution in [0.1, 0.15) is 37.6 Å². The molecule has 2 heterocycles. The summed E-state index contributed by atoms with van der Waals surface area (Å²) >= 11 is 1.56. The van der Waals surface area contributed by atoms with Gasteiger partial charge in [-0.2, -0.15) is 0 Å². The summed E-state index contributed by atoms with van der Waals surface area (Å²) in [4.78, 5) is 27.8. The maximum atomic E-state index is 13.2. The average molecular weight is 457 g/mol. The van der Waals surface area contributed by atoms with Crippen LogP contribution in [0.2, 0.25) is 0 Å². The number of nitrogens with zero attached hydrogens (tertiary/aromatic N) is 3. The number of amides is 1. The lowest BCUT2D eigenvalue weighted by molar-refractivity contribution is -0.117. The van der Waals surface area contributed by atoms with Crippen molar-refractivity contribution in [2.75, 3.05) is 19.5 Å². The van der Waals surface area contributed by atoms with E-state index in [0.717, 1.165) is 29.5 Å². The first-order valence-corrected chi connectivity index (χ1v) is 11.4. The highest BCUT2D eigenvalue weighted by Crippen LogP contribution is 2.41. The van der Waals surface area contributed by atoms with Crippen molar-refractivity contribution in [3.05, 3.63) is 39.0 Å². The molecule has 170 valence electrons. The Labute approximate surface area is 190 Å². The molecule has 1 amide bonds. The van der Waals surface area contributed by atoms with Crippen LogP contribution in [0.15, 0.2) is 23.0 Å². The molecule has 0 radical (unpaired) electrons. The van der Waals surface area contributed by atoms with Crippen LogP contribution in [0, 0.1) is 11.3 Å². The maximum absolute atomic E-state index is 13.2. The Bertz CT molecular complexity index is 1230. The Morgan fingerprint density at radius 1 is 1.28 bits per heavy atom. The van der Waals surface area contributed by atoms with E-state index in [-0.39, 0.29) is 17.5 Å². The Morgan fingerprint density at radius 3 is 2.75 bits per heavy atom. The van der Waals surface area contributed by atoms with Gasteiger partial charge in [0.25, 0.3) is 5.56 Å². The molecule has 0 saturated carbocycles. The van der Waals surface area contributed by atoms with Crippen molar-refractivity contribution < 1.29 is 14.3 Å². The Morgan fingerprint density at radius 2 is 2.06 bits per heavy atom. The molecule has 32 heavy (non-hydrogen) atoms. The Balaban J connectivity index is 1.59. The highest BCUT2D eigenvalue weighted by atomic mass is 32.1. The number of anilines is 1. The summed E-state index contributed by atoms with van der Waals surface area (Å²) in [6, 6.07) is 5.10. The van der Waals surface area contributed by atoms with Gasteiger partial charge in [-0.25, -0.2) is 4.68 Å². The number of carbonyl (C=O) groups is 1. The second-order valence-electron chi connectivity index (χ2n) is 9.16. The number of aryl methyl sites for hydroxylation is 1. The molecule has 1 aliphatic rings. The number of benzene rings is 1. The molecule has 0 saturated heterocycles. The number of hydrogen-bond acceptors (Lipinski definition) is 7. The number of nitrogens with one attached hydrogen (secondary N) is 1. The first-order valence-electron chi connectivity index (χ1n) is 10.6. The molecule has 0 aliphatic heterocycles. The molecule has 2 aromatic heterocycles. The van der Waals surface area contributed by atoms with Crippen molar-refractivity contribution in [2.45, 2.75) is 46.6 Å². The SMILES string of the molecule is COc1ccc(OC)c(NC(=O)Cn2nnc3sc4c(c3c2=O)CC[C@H](C(C)(C)C)C4)c1. The van der Waals surface area contributed by atoms with Crippen LogP contribution in [0.4, 0.5) is 5.69 Å². The van der Waals surface area contributed by atoms with Gasteiger partial charge in [-0.05, 0) is 48.3 Å². The smallest absolute Gasteiger partial charge is 0.279 e. The molecule has 9 heteroatoms. The fourth-order valence-electron chi connectivity index (χ4n) is 4.21. The van der Waals surface area contributed by atoms with E-state index in [2.05, 4.69) is 36.4 Å². The van der Waals surface area contributed by atoms with Crippen molar-refractivity contribution in [1.82, 2.24) is 15.0 Å². The third-order valence-electron chi connectivity index (χ3n) is 6.14. The fourth-order valence-corrected chi connectivity index (χ4v) is 5.44. The molecule has 4 rings (SSSR count). The van der Waals surface area contributed by atoms with Crippen LogP contribution in [0.5, 0.6) is 11.5 Å². The molecule has 0 bridgehead atoms. The van der Waals surface area contributed by atoms with Crippen LogP contribution >= 0.6 is 11.3 Å². The summed E-state index contributed by atoms with van der Waals surface area (Å²) in [6.07, 6.45) is 2.85. The summed E-state index contributed by atoms with van der Waals surface area (Å²) in [5.74, 6) is 1.25. The predicted molar refractivity (Wildman–Crippen MR) is 125 cm³/mol. The molecule has 1 atom stereocenters. The summed E-state index contributed by atoms with van der Waals surface area (Å²) < 4.78 is 11.6. The van der Waals surface area contributed by atoms with E-state index in [1.165, 1.54) is 12.0 Å². The van der Waals surface area contributed by atoms with Crippen LogP contribution in [-0.2, 0) is 24.2 Å². The lowest BCUT2D eigenvalue weighted by atomic mass is 9.72. The first-order chi connectivity index (χ1) is 15.2. The Kier molecular flexibility index (Phi) is 5.94. The van der Waals surface area contributed by atoms with Crippen LogP contribution in [0.25, 0.3) is 10.2 Å². The number of ether oxygens (including phenoxy) is 2. The number of hydrogen-bond donors (Lipinski definition) is 1. The molecular weight excluding hydrogens is 428 g/mol. The number of fused-ring (bicyclic) bond motifs is 3. The van der Waals surface area contributed by atoms with Gasteiger partial charge < -0.3 is 14.8 Å². The highest BCUT2D eigenvalue weighted by Gasteiger charge is 2.32. The van der Waals surface area contributed by atoms with Gasteiger partial charge in [0.05, 0.1) is 25.3 Å². The van der Waals surface area contributed by atoms with E-state index < -0.39 is 5.91 Å². The Hall–Kier alpha value is -2.94. The second-order valence-corrected chi connectivity index (χ2v) is 10.2. The third-order valence-corrected chi connectivity index (χ3v) is 7.28. The number of carbonyl (C=O) groups excluding carboxylic acids is 1. The normalized spacial score (nSPS) is 16.0. The van der Waals surface area contributed by atoms with Gasteiger partial charge in [-0.1, -0.05) is 26.0 Å². The standard InChI is InChI=1S/C23H28N4O4S/c1-23(2,3)13-6-8-15-18(10-13)32-21-20(15)22(29)27(26-25-21)12-19(28)24-16-11-14(30-4)7-9-17(16)31-5/h7,9,11,13H,6,8,10,12H2,1-5H3,(H,24,28)/t13-/m0/s1. The van der Waals surface area contributed by atoms with Gasteiger partial charge in [-0.3, -0.25) is 9.59 Å². The second kappa shape index (κ2) is 8.54. The van der Waals surface area contributed by atoms with E-state index in [4.69, 9.17) is 9.47 Å². The quantitative estimate of drug-likeness (QED) is 0.630. The van der Waals surface area contributed by atoms with Gasteiger partial charge in [0.2, 0.25) is 5.91 Å².